The van der Waals surface area contributed by atoms with Crippen molar-refractivity contribution < 1.29 is 9.02 Å². The van der Waals surface area contributed by atoms with Crippen molar-refractivity contribution in [1.29, 1.82) is 0 Å². The zero-order chi connectivity index (χ0) is 14.9. The predicted octanol–water partition coefficient (Wildman–Crippen LogP) is 3.49. The fourth-order valence-corrected chi connectivity index (χ4v) is 2.35. The van der Waals surface area contributed by atoms with E-state index >= 15 is 0 Å². The number of nitrogens with zero attached hydrogens (tertiary/aromatic N) is 4. The number of halogens is 1. The number of rotatable bonds is 2. The first-order chi connectivity index (χ1) is 10.8. The van der Waals surface area contributed by atoms with Gasteiger partial charge in [0, 0.05) is 11.1 Å². The van der Waals surface area contributed by atoms with Crippen LogP contribution >= 0.6 is 0 Å². The van der Waals surface area contributed by atoms with E-state index in [1.807, 2.05) is 24.3 Å². The van der Waals surface area contributed by atoms with E-state index in [0.29, 0.717) is 22.6 Å². The van der Waals surface area contributed by atoms with Gasteiger partial charge in [-0.25, -0.2) is 19.0 Å². The fraction of sp³-hybridized carbons (Fsp3) is 0. The van der Waals surface area contributed by atoms with Gasteiger partial charge in [-0.05, 0) is 21.9 Å². The molecule has 0 aliphatic heterocycles. The van der Waals surface area contributed by atoms with E-state index < -0.39 is 0 Å². The first kappa shape index (κ1) is 12.6. The quantitative estimate of drug-likeness (QED) is 0.566. The van der Waals surface area contributed by atoms with Gasteiger partial charge in [-0.3, -0.25) is 0 Å². The van der Waals surface area contributed by atoms with Gasteiger partial charge in [0.25, 0.3) is 0 Å². The Kier molecular flexibility index (Phi) is 2.86. The summed E-state index contributed by atoms with van der Waals surface area (Å²) in [5.41, 5.74) is 3.27. The third-order valence-corrected chi connectivity index (χ3v) is 3.36. The third kappa shape index (κ3) is 2.01. The summed E-state index contributed by atoms with van der Waals surface area (Å²) in [6.07, 6.45) is 1.58. The molecule has 2 aromatic carbocycles. The molecule has 0 radical (unpaired) electrons. The van der Waals surface area contributed by atoms with Crippen LogP contribution in [0, 0.1) is 5.82 Å². The van der Waals surface area contributed by atoms with Crippen molar-refractivity contribution >= 4 is 11.3 Å². The second kappa shape index (κ2) is 5.00. The lowest BCUT2D eigenvalue weighted by molar-refractivity contribution is 0.314. The summed E-state index contributed by atoms with van der Waals surface area (Å²) in [7, 11) is 0. The molecular formula is C16H9FN4O. The molecule has 0 aliphatic rings. The van der Waals surface area contributed by atoms with Crippen LogP contribution in [0.5, 0.6) is 0 Å². The van der Waals surface area contributed by atoms with Crippen LogP contribution in [0.1, 0.15) is 0 Å². The molecule has 22 heavy (non-hydrogen) atoms. The fourth-order valence-electron chi connectivity index (χ4n) is 2.35. The minimum absolute atomic E-state index is 0.285. The van der Waals surface area contributed by atoms with Gasteiger partial charge >= 0.3 is 0 Å². The molecule has 5 nitrogen and oxygen atoms in total. The molecule has 0 spiro atoms. The van der Waals surface area contributed by atoms with Crippen molar-refractivity contribution in [2.45, 2.75) is 0 Å². The lowest BCUT2D eigenvalue weighted by Gasteiger charge is -2.09. The maximum atomic E-state index is 14.1. The van der Waals surface area contributed by atoms with E-state index in [9.17, 15) is 4.39 Å². The largest absolute Gasteiger partial charge is 0.243 e. The molecule has 2 aromatic heterocycles. The molecule has 0 amide bonds. The summed E-state index contributed by atoms with van der Waals surface area (Å²) in [5.74, 6) is -0.285. The van der Waals surface area contributed by atoms with Crippen molar-refractivity contribution in [3.8, 4) is 22.4 Å². The summed E-state index contributed by atoms with van der Waals surface area (Å²) >= 11 is 0. The van der Waals surface area contributed by atoms with Gasteiger partial charge in [0.1, 0.15) is 5.82 Å². The first-order valence-corrected chi connectivity index (χ1v) is 6.62. The summed E-state index contributed by atoms with van der Waals surface area (Å²) in [6, 6.07) is 14.1. The average Bonchev–Trinajstić information content (AvgIpc) is 3.03. The number of fused-ring (bicyclic) bond motifs is 1. The molecule has 6 heteroatoms. The van der Waals surface area contributed by atoms with Crippen molar-refractivity contribution in [2.24, 2.45) is 0 Å². The molecule has 0 unspecified atom stereocenters. The average molecular weight is 292 g/mol. The number of benzene rings is 2. The van der Waals surface area contributed by atoms with Crippen molar-refractivity contribution in [3.63, 3.8) is 0 Å². The van der Waals surface area contributed by atoms with Gasteiger partial charge in [-0.2, -0.15) is 0 Å². The van der Waals surface area contributed by atoms with E-state index in [-0.39, 0.29) is 5.82 Å². The summed E-state index contributed by atoms with van der Waals surface area (Å²) in [4.78, 5) is 8.52. The van der Waals surface area contributed by atoms with Crippen LogP contribution in [0.4, 0.5) is 4.39 Å². The summed E-state index contributed by atoms with van der Waals surface area (Å²) in [6.45, 7) is 0. The molecule has 0 atom stereocenters. The number of aromatic nitrogens is 4. The van der Waals surface area contributed by atoms with Gasteiger partial charge in [0.15, 0.2) is 0 Å². The van der Waals surface area contributed by atoms with E-state index in [0.717, 1.165) is 11.1 Å². The molecule has 0 aliphatic carbocycles. The summed E-state index contributed by atoms with van der Waals surface area (Å²) < 4.78 is 18.7. The molecule has 106 valence electrons. The molecule has 0 saturated heterocycles. The maximum absolute atomic E-state index is 14.1. The first-order valence-electron chi connectivity index (χ1n) is 6.62. The third-order valence-electron chi connectivity index (χ3n) is 3.36. The van der Waals surface area contributed by atoms with Crippen molar-refractivity contribution in [2.75, 3.05) is 0 Å². The smallest absolute Gasteiger partial charge is 0.240 e. The molecular weight excluding hydrogens is 283 g/mol. The second-order valence-corrected chi connectivity index (χ2v) is 4.69. The van der Waals surface area contributed by atoms with E-state index in [4.69, 9.17) is 0 Å². The normalized spacial score (nSPS) is 11.0. The van der Waals surface area contributed by atoms with E-state index in [1.165, 1.54) is 6.07 Å². The Morgan fingerprint density at radius 1 is 0.773 bits per heavy atom. The molecule has 2 heterocycles. The van der Waals surface area contributed by atoms with Crippen LogP contribution in [0.15, 0.2) is 59.4 Å². The topological polar surface area (TPSA) is 64.7 Å². The SMILES string of the molecule is Fc1ccccc1-c1ccccc1-c1cnc2nonc2n1. The Morgan fingerprint density at radius 3 is 2.27 bits per heavy atom. The summed E-state index contributed by atoms with van der Waals surface area (Å²) in [5, 5.41) is 7.32. The highest BCUT2D eigenvalue weighted by molar-refractivity contribution is 5.83. The lowest BCUT2D eigenvalue weighted by Crippen LogP contribution is -1.92. The van der Waals surface area contributed by atoms with Gasteiger partial charge < -0.3 is 0 Å². The lowest BCUT2D eigenvalue weighted by atomic mass is 9.97. The van der Waals surface area contributed by atoms with Gasteiger partial charge in [-0.1, -0.05) is 42.5 Å². The number of hydrogen-bond donors (Lipinski definition) is 0. The van der Waals surface area contributed by atoms with E-state index in [1.54, 1.807) is 24.4 Å². The highest BCUT2D eigenvalue weighted by Crippen LogP contribution is 2.32. The van der Waals surface area contributed by atoms with Crippen molar-refractivity contribution in [1.82, 2.24) is 20.3 Å². The number of hydrogen-bond acceptors (Lipinski definition) is 5. The Balaban J connectivity index is 1.94. The Morgan fingerprint density at radius 2 is 1.45 bits per heavy atom. The highest BCUT2D eigenvalue weighted by atomic mass is 19.1. The Labute approximate surface area is 124 Å². The van der Waals surface area contributed by atoms with Crippen LogP contribution in [-0.4, -0.2) is 20.3 Å². The monoisotopic (exact) mass is 292 g/mol. The van der Waals surface area contributed by atoms with E-state index in [2.05, 4.69) is 24.9 Å². The van der Waals surface area contributed by atoms with Crippen LogP contribution in [0.25, 0.3) is 33.7 Å². The molecule has 0 saturated carbocycles. The zero-order valence-corrected chi connectivity index (χ0v) is 11.3. The standard InChI is InChI=1S/C16H9FN4O/c17-13-8-4-3-6-11(13)10-5-1-2-7-12(10)14-9-18-15-16(19-14)21-22-20-15/h1-9H. The Hall–Kier alpha value is -3.15. The Bertz CT molecular complexity index is 967. The minimum Gasteiger partial charge on any atom is -0.240 e. The zero-order valence-electron chi connectivity index (χ0n) is 11.3. The van der Waals surface area contributed by atoms with Gasteiger partial charge in [0.05, 0.1) is 11.9 Å². The molecule has 4 aromatic rings. The van der Waals surface area contributed by atoms with Crippen LogP contribution in [0.3, 0.4) is 0 Å². The molecule has 0 bridgehead atoms. The van der Waals surface area contributed by atoms with Crippen molar-refractivity contribution in [3.05, 3.63) is 60.5 Å². The predicted molar refractivity (Wildman–Crippen MR) is 78.2 cm³/mol. The van der Waals surface area contributed by atoms with Gasteiger partial charge in [0.2, 0.25) is 11.3 Å². The minimum atomic E-state index is -0.285. The highest BCUT2D eigenvalue weighted by Gasteiger charge is 2.13. The second-order valence-electron chi connectivity index (χ2n) is 4.69. The van der Waals surface area contributed by atoms with Crippen LogP contribution in [0.2, 0.25) is 0 Å². The van der Waals surface area contributed by atoms with Gasteiger partial charge in [-0.15, -0.1) is 0 Å². The molecule has 0 N–H and O–H groups in total. The molecule has 0 fully saturated rings. The maximum Gasteiger partial charge on any atom is 0.243 e. The van der Waals surface area contributed by atoms with Crippen LogP contribution < -0.4 is 0 Å². The molecule has 4 rings (SSSR count). The van der Waals surface area contributed by atoms with Crippen LogP contribution in [-0.2, 0) is 0 Å².